The first-order chi connectivity index (χ1) is 8.57. The molecule has 0 heterocycles. The van der Waals surface area contributed by atoms with Gasteiger partial charge in [0.1, 0.15) is 5.75 Å². The topological polar surface area (TPSA) is 35.2 Å². The van der Waals surface area contributed by atoms with Crippen molar-refractivity contribution in [3.05, 3.63) is 28.2 Å². The van der Waals surface area contributed by atoms with Crippen LogP contribution in [0.25, 0.3) is 0 Å². The SMILES string of the molecule is CCOc1ccc(C(N)C2(C)CCCC2)cc1Br. The van der Waals surface area contributed by atoms with Crippen LogP contribution in [-0.2, 0) is 0 Å². The number of nitrogens with two attached hydrogens (primary N) is 1. The average Bonchev–Trinajstić information content (AvgIpc) is 2.79. The Hall–Kier alpha value is -0.540. The van der Waals surface area contributed by atoms with Crippen molar-refractivity contribution < 1.29 is 4.74 Å². The quantitative estimate of drug-likeness (QED) is 0.893. The summed E-state index contributed by atoms with van der Waals surface area (Å²) in [7, 11) is 0. The van der Waals surface area contributed by atoms with Gasteiger partial charge in [-0.3, -0.25) is 0 Å². The fraction of sp³-hybridized carbons (Fsp3) is 0.600. The summed E-state index contributed by atoms with van der Waals surface area (Å²) < 4.78 is 6.53. The maximum atomic E-state index is 6.47. The number of ether oxygens (including phenoxy) is 1. The van der Waals surface area contributed by atoms with Gasteiger partial charge in [-0.05, 0) is 58.8 Å². The molecule has 0 bridgehead atoms. The first kappa shape index (κ1) is 13.9. The second-order valence-corrected chi connectivity index (χ2v) is 6.32. The lowest BCUT2D eigenvalue weighted by atomic mass is 9.78. The molecule has 1 fully saturated rings. The fourth-order valence-electron chi connectivity index (χ4n) is 2.88. The van der Waals surface area contributed by atoms with Gasteiger partial charge in [-0.25, -0.2) is 0 Å². The van der Waals surface area contributed by atoms with Crippen LogP contribution in [-0.4, -0.2) is 6.61 Å². The van der Waals surface area contributed by atoms with Gasteiger partial charge in [0.2, 0.25) is 0 Å². The third-order valence-electron chi connectivity index (χ3n) is 4.11. The van der Waals surface area contributed by atoms with Gasteiger partial charge >= 0.3 is 0 Å². The molecule has 0 aromatic heterocycles. The summed E-state index contributed by atoms with van der Waals surface area (Å²) in [5.41, 5.74) is 7.93. The molecule has 2 nitrogen and oxygen atoms in total. The highest BCUT2D eigenvalue weighted by molar-refractivity contribution is 9.10. The van der Waals surface area contributed by atoms with Gasteiger partial charge in [0.25, 0.3) is 0 Å². The van der Waals surface area contributed by atoms with E-state index in [1.165, 1.54) is 31.2 Å². The molecule has 0 aliphatic heterocycles. The first-order valence-corrected chi connectivity index (χ1v) is 7.54. The molecular formula is C15H22BrNO. The maximum absolute atomic E-state index is 6.47. The minimum Gasteiger partial charge on any atom is -0.493 e. The van der Waals surface area contributed by atoms with E-state index in [1.807, 2.05) is 13.0 Å². The Kier molecular flexibility index (Phi) is 4.33. The van der Waals surface area contributed by atoms with E-state index in [0.29, 0.717) is 6.61 Å². The zero-order chi connectivity index (χ0) is 13.2. The van der Waals surface area contributed by atoms with Crippen LogP contribution in [0.5, 0.6) is 5.75 Å². The van der Waals surface area contributed by atoms with Gasteiger partial charge in [-0.15, -0.1) is 0 Å². The molecule has 2 rings (SSSR count). The van der Waals surface area contributed by atoms with Crippen LogP contribution in [0.15, 0.2) is 22.7 Å². The van der Waals surface area contributed by atoms with E-state index >= 15 is 0 Å². The van der Waals surface area contributed by atoms with Gasteiger partial charge in [-0.1, -0.05) is 25.8 Å². The second kappa shape index (κ2) is 5.62. The van der Waals surface area contributed by atoms with E-state index < -0.39 is 0 Å². The van der Waals surface area contributed by atoms with Gasteiger partial charge in [0, 0.05) is 6.04 Å². The molecule has 1 saturated carbocycles. The Morgan fingerprint density at radius 2 is 2.06 bits per heavy atom. The third kappa shape index (κ3) is 2.72. The lowest BCUT2D eigenvalue weighted by Crippen LogP contribution is -2.29. The highest BCUT2D eigenvalue weighted by atomic mass is 79.9. The molecular weight excluding hydrogens is 290 g/mol. The summed E-state index contributed by atoms with van der Waals surface area (Å²) in [6, 6.07) is 6.34. The van der Waals surface area contributed by atoms with Gasteiger partial charge < -0.3 is 10.5 Å². The van der Waals surface area contributed by atoms with Gasteiger partial charge in [0.05, 0.1) is 11.1 Å². The standard InChI is InChI=1S/C15H22BrNO/c1-3-18-13-7-6-11(10-12(13)16)14(17)15(2)8-4-5-9-15/h6-7,10,14H,3-5,8-9,17H2,1-2H3. The van der Waals surface area contributed by atoms with Gasteiger partial charge in [0.15, 0.2) is 0 Å². The third-order valence-corrected chi connectivity index (χ3v) is 4.73. The Morgan fingerprint density at radius 1 is 1.39 bits per heavy atom. The summed E-state index contributed by atoms with van der Waals surface area (Å²) >= 11 is 3.56. The van der Waals surface area contributed by atoms with Crippen LogP contribution in [0, 0.1) is 5.41 Å². The highest BCUT2D eigenvalue weighted by Gasteiger charge is 2.35. The van der Waals surface area contributed by atoms with Crippen LogP contribution in [0.3, 0.4) is 0 Å². The van der Waals surface area contributed by atoms with Crippen LogP contribution in [0.4, 0.5) is 0 Å². The number of hydrogen-bond donors (Lipinski definition) is 1. The zero-order valence-electron chi connectivity index (χ0n) is 11.2. The molecule has 0 saturated heterocycles. The van der Waals surface area contributed by atoms with Crippen molar-refractivity contribution in [3.63, 3.8) is 0 Å². The van der Waals surface area contributed by atoms with E-state index in [2.05, 4.69) is 35.0 Å². The van der Waals surface area contributed by atoms with E-state index in [1.54, 1.807) is 0 Å². The van der Waals surface area contributed by atoms with Crippen molar-refractivity contribution >= 4 is 15.9 Å². The molecule has 0 spiro atoms. The highest BCUT2D eigenvalue weighted by Crippen LogP contribution is 2.46. The number of hydrogen-bond acceptors (Lipinski definition) is 2. The predicted molar refractivity (Wildman–Crippen MR) is 78.8 cm³/mol. The zero-order valence-corrected chi connectivity index (χ0v) is 12.8. The molecule has 1 unspecified atom stereocenters. The molecule has 0 radical (unpaired) electrons. The Labute approximate surface area is 118 Å². The van der Waals surface area contributed by atoms with Crippen LogP contribution in [0.2, 0.25) is 0 Å². The molecule has 0 amide bonds. The van der Waals surface area contributed by atoms with Crippen molar-refractivity contribution in [2.24, 2.45) is 11.1 Å². The lowest BCUT2D eigenvalue weighted by molar-refractivity contribution is 0.265. The first-order valence-electron chi connectivity index (χ1n) is 6.74. The fourth-order valence-corrected chi connectivity index (χ4v) is 3.39. The van der Waals surface area contributed by atoms with Crippen LogP contribution >= 0.6 is 15.9 Å². The van der Waals surface area contributed by atoms with E-state index in [0.717, 1.165) is 10.2 Å². The molecule has 1 aliphatic carbocycles. The molecule has 1 aliphatic rings. The normalized spacial score (nSPS) is 19.8. The molecule has 1 aromatic carbocycles. The Morgan fingerprint density at radius 3 is 2.61 bits per heavy atom. The molecule has 1 aromatic rings. The Balaban J connectivity index is 2.20. The summed E-state index contributed by atoms with van der Waals surface area (Å²) in [5.74, 6) is 0.894. The summed E-state index contributed by atoms with van der Waals surface area (Å²) in [6.45, 7) is 4.99. The molecule has 1 atom stereocenters. The van der Waals surface area contributed by atoms with Crippen LogP contribution in [0.1, 0.15) is 51.1 Å². The largest absolute Gasteiger partial charge is 0.493 e. The lowest BCUT2D eigenvalue weighted by Gasteiger charge is -2.31. The number of halogens is 1. The molecule has 2 N–H and O–H groups in total. The molecule has 100 valence electrons. The van der Waals surface area contributed by atoms with Crippen LogP contribution < -0.4 is 10.5 Å². The second-order valence-electron chi connectivity index (χ2n) is 5.46. The maximum Gasteiger partial charge on any atom is 0.133 e. The molecule has 3 heteroatoms. The van der Waals surface area contributed by atoms with Crippen molar-refractivity contribution in [1.29, 1.82) is 0 Å². The van der Waals surface area contributed by atoms with Gasteiger partial charge in [-0.2, -0.15) is 0 Å². The summed E-state index contributed by atoms with van der Waals surface area (Å²) in [6.07, 6.45) is 5.09. The number of benzene rings is 1. The monoisotopic (exact) mass is 311 g/mol. The predicted octanol–water partition coefficient (Wildman–Crippen LogP) is 4.43. The minimum atomic E-state index is 0.118. The van der Waals surface area contributed by atoms with E-state index in [9.17, 15) is 0 Å². The van der Waals surface area contributed by atoms with Crippen molar-refractivity contribution in [2.45, 2.75) is 45.6 Å². The van der Waals surface area contributed by atoms with E-state index in [-0.39, 0.29) is 11.5 Å². The summed E-state index contributed by atoms with van der Waals surface area (Å²) in [4.78, 5) is 0. The average molecular weight is 312 g/mol. The van der Waals surface area contributed by atoms with Crippen molar-refractivity contribution in [1.82, 2.24) is 0 Å². The molecule has 18 heavy (non-hydrogen) atoms. The van der Waals surface area contributed by atoms with Crippen molar-refractivity contribution in [2.75, 3.05) is 6.61 Å². The number of rotatable bonds is 4. The summed E-state index contributed by atoms with van der Waals surface area (Å²) in [5, 5.41) is 0. The van der Waals surface area contributed by atoms with Crippen molar-refractivity contribution in [3.8, 4) is 5.75 Å². The smallest absolute Gasteiger partial charge is 0.133 e. The Bertz CT molecular complexity index is 413. The van der Waals surface area contributed by atoms with E-state index in [4.69, 9.17) is 10.5 Å². The minimum absolute atomic E-state index is 0.118.